The van der Waals surface area contributed by atoms with Crippen molar-refractivity contribution in [3.05, 3.63) is 65.7 Å². The normalized spacial score (nSPS) is 10.9. The molecular weight excluding hydrogens is 298 g/mol. The fraction of sp³-hybridized carbons (Fsp3) is 0.238. The lowest BCUT2D eigenvalue weighted by atomic mass is 9.98. The van der Waals surface area contributed by atoms with Crippen molar-refractivity contribution < 1.29 is 10.2 Å². The Morgan fingerprint density at radius 3 is 2.08 bits per heavy atom. The van der Waals surface area contributed by atoms with Crippen LogP contribution in [0.25, 0.3) is 10.8 Å². The van der Waals surface area contributed by atoms with Gasteiger partial charge in [-0.25, -0.2) is 0 Å². The van der Waals surface area contributed by atoms with Gasteiger partial charge >= 0.3 is 0 Å². The molecule has 0 heterocycles. The zero-order valence-corrected chi connectivity index (χ0v) is 14.2. The van der Waals surface area contributed by atoms with Crippen LogP contribution >= 0.6 is 0 Å². The molecule has 0 unspecified atom stereocenters. The molecule has 0 fully saturated rings. The number of nitrogens with zero attached hydrogens (tertiary/aromatic N) is 1. The number of rotatable bonds is 5. The van der Waals surface area contributed by atoms with Crippen LogP contribution in [0, 0.1) is 0 Å². The van der Waals surface area contributed by atoms with Crippen molar-refractivity contribution in [1.82, 2.24) is 0 Å². The van der Waals surface area contributed by atoms with Crippen LogP contribution in [0.2, 0.25) is 0 Å². The van der Waals surface area contributed by atoms with Gasteiger partial charge in [0.15, 0.2) is 0 Å². The summed E-state index contributed by atoms with van der Waals surface area (Å²) < 4.78 is 0. The summed E-state index contributed by atoms with van der Waals surface area (Å²) in [5.74, 6) is 0.453. The van der Waals surface area contributed by atoms with Gasteiger partial charge < -0.3 is 15.1 Å². The van der Waals surface area contributed by atoms with E-state index in [0.717, 1.165) is 24.2 Å². The molecule has 24 heavy (non-hydrogen) atoms. The van der Waals surface area contributed by atoms with E-state index < -0.39 is 0 Å². The van der Waals surface area contributed by atoms with Crippen molar-refractivity contribution in [1.29, 1.82) is 0 Å². The van der Waals surface area contributed by atoms with Gasteiger partial charge in [-0.2, -0.15) is 0 Å². The van der Waals surface area contributed by atoms with Crippen molar-refractivity contribution in [3.63, 3.8) is 0 Å². The van der Waals surface area contributed by atoms with E-state index in [2.05, 4.69) is 43.0 Å². The topological polar surface area (TPSA) is 43.7 Å². The van der Waals surface area contributed by atoms with Gasteiger partial charge in [0.25, 0.3) is 0 Å². The minimum Gasteiger partial charge on any atom is -0.507 e. The molecular formula is C21H23NO2. The van der Waals surface area contributed by atoms with Crippen LogP contribution in [0.5, 0.6) is 11.5 Å². The maximum Gasteiger partial charge on any atom is 0.127 e. The fourth-order valence-electron chi connectivity index (χ4n) is 3.17. The maximum atomic E-state index is 10.5. The third-order valence-electron chi connectivity index (χ3n) is 4.53. The van der Waals surface area contributed by atoms with Gasteiger partial charge in [-0.05, 0) is 37.6 Å². The third-order valence-corrected chi connectivity index (χ3v) is 4.53. The van der Waals surface area contributed by atoms with E-state index in [9.17, 15) is 10.2 Å². The average molecular weight is 321 g/mol. The second-order valence-corrected chi connectivity index (χ2v) is 5.96. The van der Waals surface area contributed by atoms with Crippen LogP contribution < -0.4 is 4.90 Å². The molecule has 0 aromatic heterocycles. The summed E-state index contributed by atoms with van der Waals surface area (Å²) in [5.41, 5.74) is 3.05. The van der Waals surface area contributed by atoms with Gasteiger partial charge in [-0.1, -0.05) is 36.4 Å². The van der Waals surface area contributed by atoms with Gasteiger partial charge in [-0.15, -0.1) is 0 Å². The van der Waals surface area contributed by atoms with Crippen molar-refractivity contribution >= 4 is 16.5 Å². The summed E-state index contributed by atoms with van der Waals surface area (Å²) in [4.78, 5) is 2.29. The van der Waals surface area contributed by atoms with Crippen LogP contribution in [0.1, 0.15) is 25.0 Å². The van der Waals surface area contributed by atoms with Gasteiger partial charge in [0, 0.05) is 41.5 Å². The van der Waals surface area contributed by atoms with E-state index in [0.29, 0.717) is 17.2 Å². The molecule has 0 spiro atoms. The molecule has 0 saturated heterocycles. The lowest BCUT2D eigenvalue weighted by molar-refractivity contribution is 0.464. The average Bonchev–Trinajstić information content (AvgIpc) is 2.62. The van der Waals surface area contributed by atoms with Crippen LogP contribution in [0.4, 0.5) is 5.69 Å². The standard InChI is InChI=1S/C21H23NO2/c1-3-22(4-2)17-11-9-15(10-12-17)13-16-14-20(23)18-7-5-6-8-19(18)21(16)24/h5-12,14,23-24H,3-4,13H2,1-2H3. The van der Waals surface area contributed by atoms with E-state index in [1.165, 1.54) is 5.69 Å². The minimum atomic E-state index is 0.207. The van der Waals surface area contributed by atoms with E-state index in [-0.39, 0.29) is 11.5 Å². The highest BCUT2D eigenvalue weighted by molar-refractivity contribution is 5.94. The number of phenols is 2. The Labute approximate surface area is 142 Å². The predicted octanol–water partition coefficient (Wildman–Crippen LogP) is 4.69. The molecule has 0 amide bonds. The number of anilines is 1. The fourth-order valence-corrected chi connectivity index (χ4v) is 3.17. The lowest BCUT2D eigenvalue weighted by Gasteiger charge is -2.21. The highest BCUT2D eigenvalue weighted by Gasteiger charge is 2.11. The van der Waals surface area contributed by atoms with Crippen LogP contribution in [0.15, 0.2) is 54.6 Å². The molecule has 0 atom stereocenters. The molecule has 0 saturated carbocycles. The molecule has 0 radical (unpaired) electrons. The molecule has 0 bridgehead atoms. The number of hydrogen-bond acceptors (Lipinski definition) is 3. The number of benzene rings is 3. The number of phenolic OH excluding ortho intramolecular Hbond substituents is 2. The first-order valence-electron chi connectivity index (χ1n) is 8.40. The summed E-state index contributed by atoms with van der Waals surface area (Å²) in [6, 6.07) is 17.4. The zero-order valence-electron chi connectivity index (χ0n) is 14.2. The summed E-state index contributed by atoms with van der Waals surface area (Å²) in [5, 5.41) is 22.1. The molecule has 0 aliphatic rings. The SMILES string of the molecule is CCN(CC)c1ccc(Cc2cc(O)c3ccccc3c2O)cc1. The summed E-state index contributed by atoms with van der Waals surface area (Å²) in [6.45, 7) is 6.25. The van der Waals surface area contributed by atoms with Gasteiger partial charge in [0.05, 0.1) is 0 Å². The molecule has 124 valence electrons. The molecule has 3 heteroatoms. The number of aromatic hydroxyl groups is 2. The van der Waals surface area contributed by atoms with E-state index in [4.69, 9.17) is 0 Å². The van der Waals surface area contributed by atoms with E-state index >= 15 is 0 Å². The third kappa shape index (κ3) is 3.02. The second kappa shape index (κ2) is 6.83. The second-order valence-electron chi connectivity index (χ2n) is 5.96. The Hall–Kier alpha value is -2.68. The smallest absolute Gasteiger partial charge is 0.127 e. The monoisotopic (exact) mass is 321 g/mol. The van der Waals surface area contributed by atoms with Crippen molar-refractivity contribution in [2.75, 3.05) is 18.0 Å². The van der Waals surface area contributed by atoms with Crippen molar-refractivity contribution in [2.45, 2.75) is 20.3 Å². The van der Waals surface area contributed by atoms with E-state index in [1.54, 1.807) is 6.07 Å². The van der Waals surface area contributed by atoms with Crippen LogP contribution in [-0.2, 0) is 6.42 Å². The molecule has 3 aromatic carbocycles. The first kappa shape index (κ1) is 16.2. The molecule has 0 aliphatic carbocycles. The Morgan fingerprint density at radius 1 is 0.833 bits per heavy atom. The molecule has 3 nitrogen and oxygen atoms in total. The molecule has 0 aliphatic heterocycles. The van der Waals surface area contributed by atoms with E-state index in [1.807, 2.05) is 24.3 Å². The number of fused-ring (bicyclic) bond motifs is 1. The van der Waals surface area contributed by atoms with Crippen molar-refractivity contribution in [3.8, 4) is 11.5 Å². The Balaban J connectivity index is 1.91. The quantitative estimate of drug-likeness (QED) is 0.670. The van der Waals surface area contributed by atoms with Gasteiger partial charge in [0.1, 0.15) is 11.5 Å². The Morgan fingerprint density at radius 2 is 1.46 bits per heavy atom. The molecule has 2 N–H and O–H groups in total. The molecule has 3 rings (SSSR count). The highest BCUT2D eigenvalue weighted by atomic mass is 16.3. The van der Waals surface area contributed by atoms with Crippen LogP contribution in [0.3, 0.4) is 0 Å². The summed E-state index contributed by atoms with van der Waals surface area (Å²) in [7, 11) is 0. The molecule has 3 aromatic rings. The van der Waals surface area contributed by atoms with Gasteiger partial charge in [-0.3, -0.25) is 0 Å². The highest BCUT2D eigenvalue weighted by Crippen LogP contribution is 2.36. The Bertz CT molecular complexity index is 836. The zero-order chi connectivity index (χ0) is 17.1. The first-order valence-corrected chi connectivity index (χ1v) is 8.40. The summed E-state index contributed by atoms with van der Waals surface area (Å²) >= 11 is 0. The number of hydrogen-bond donors (Lipinski definition) is 2. The Kier molecular flexibility index (Phi) is 4.61. The maximum absolute atomic E-state index is 10.5. The largest absolute Gasteiger partial charge is 0.507 e. The van der Waals surface area contributed by atoms with Crippen LogP contribution in [-0.4, -0.2) is 23.3 Å². The first-order chi connectivity index (χ1) is 11.6. The van der Waals surface area contributed by atoms with Crippen molar-refractivity contribution in [2.24, 2.45) is 0 Å². The van der Waals surface area contributed by atoms with Gasteiger partial charge in [0.2, 0.25) is 0 Å². The lowest BCUT2D eigenvalue weighted by Crippen LogP contribution is -2.21. The predicted molar refractivity (Wildman–Crippen MR) is 100 cm³/mol. The summed E-state index contributed by atoms with van der Waals surface area (Å²) in [6.07, 6.45) is 0.586. The minimum absolute atomic E-state index is 0.207.